The van der Waals surface area contributed by atoms with Gasteiger partial charge in [0.05, 0.1) is 0 Å². The summed E-state index contributed by atoms with van der Waals surface area (Å²) in [6.07, 6.45) is 4.60. The smallest absolute Gasteiger partial charge is 0.0457 e. The van der Waals surface area contributed by atoms with E-state index in [0.717, 1.165) is 17.5 Å². The van der Waals surface area contributed by atoms with Gasteiger partial charge in [0.1, 0.15) is 0 Å². The van der Waals surface area contributed by atoms with Gasteiger partial charge in [-0.2, -0.15) is 0 Å². The Hall–Kier alpha value is -1.54. The van der Waals surface area contributed by atoms with Crippen LogP contribution in [0.2, 0.25) is 0 Å². The van der Waals surface area contributed by atoms with Gasteiger partial charge in [-0.1, -0.05) is 18.2 Å². The van der Waals surface area contributed by atoms with E-state index in [9.17, 15) is 0 Å². The first-order valence-corrected chi connectivity index (χ1v) is 4.75. The largest absolute Gasteiger partial charge is 0.361 e. The Balaban J connectivity index is 2.38. The maximum atomic E-state index is 5.98. The highest BCUT2D eigenvalue weighted by molar-refractivity contribution is 5.79. The fourth-order valence-corrected chi connectivity index (χ4v) is 1.61. The van der Waals surface area contributed by atoms with E-state index in [1.807, 2.05) is 12.3 Å². The molecule has 0 aliphatic rings. The number of H-pyrrole nitrogens is 1. The highest BCUT2D eigenvalue weighted by Crippen LogP contribution is 2.19. The average molecular weight is 186 g/mol. The third-order valence-electron chi connectivity index (χ3n) is 2.43. The molecule has 1 aromatic heterocycles. The summed E-state index contributed by atoms with van der Waals surface area (Å²) in [5.74, 6) is 0. The highest BCUT2D eigenvalue weighted by Gasteiger charge is 2.04. The van der Waals surface area contributed by atoms with E-state index >= 15 is 0 Å². The first-order valence-electron chi connectivity index (χ1n) is 4.75. The van der Waals surface area contributed by atoms with Crippen molar-refractivity contribution in [1.29, 1.82) is 0 Å². The number of rotatable bonds is 3. The zero-order valence-electron chi connectivity index (χ0n) is 8.03. The monoisotopic (exact) mass is 186 g/mol. The number of hydrogen-bond donors (Lipinski definition) is 2. The summed E-state index contributed by atoms with van der Waals surface area (Å²) >= 11 is 0. The van der Waals surface area contributed by atoms with Gasteiger partial charge >= 0.3 is 0 Å². The Morgan fingerprint density at radius 3 is 3.07 bits per heavy atom. The van der Waals surface area contributed by atoms with Crippen LogP contribution in [0.15, 0.2) is 43.1 Å². The van der Waals surface area contributed by atoms with Crippen LogP contribution >= 0.6 is 0 Å². The molecule has 0 spiro atoms. The van der Waals surface area contributed by atoms with Crippen LogP contribution in [0.25, 0.3) is 10.9 Å². The van der Waals surface area contributed by atoms with Crippen molar-refractivity contribution in [3.8, 4) is 0 Å². The molecule has 0 saturated carbocycles. The second-order valence-corrected chi connectivity index (χ2v) is 3.46. The van der Waals surface area contributed by atoms with Gasteiger partial charge in [-0.25, -0.2) is 0 Å². The summed E-state index contributed by atoms with van der Waals surface area (Å²) in [5, 5.41) is 1.22. The highest BCUT2D eigenvalue weighted by atomic mass is 14.7. The molecule has 0 unspecified atom stereocenters. The zero-order chi connectivity index (χ0) is 9.97. The molecule has 0 aliphatic carbocycles. The molecule has 1 atom stereocenters. The predicted octanol–water partition coefficient (Wildman–Crippen LogP) is 2.74. The van der Waals surface area contributed by atoms with Gasteiger partial charge in [-0.15, -0.1) is 6.58 Å². The lowest BCUT2D eigenvalue weighted by molar-refractivity contribution is 0.743. The van der Waals surface area contributed by atoms with Gasteiger partial charge in [0.15, 0.2) is 0 Å². The molecule has 1 aromatic carbocycles. The summed E-state index contributed by atoms with van der Waals surface area (Å²) in [5.41, 5.74) is 8.27. The Bertz CT molecular complexity index is 442. The second-order valence-electron chi connectivity index (χ2n) is 3.46. The van der Waals surface area contributed by atoms with Crippen LogP contribution in [-0.4, -0.2) is 4.98 Å². The summed E-state index contributed by atoms with van der Waals surface area (Å²) in [7, 11) is 0. The van der Waals surface area contributed by atoms with Crippen LogP contribution in [0.5, 0.6) is 0 Å². The SMILES string of the molecule is C=CC[C@@H](N)c1ccc2cc[nH]c2c1. The molecule has 0 saturated heterocycles. The predicted molar refractivity (Wildman–Crippen MR) is 60.0 cm³/mol. The molecule has 0 aliphatic heterocycles. The van der Waals surface area contributed by atoms with Crippen molar-refractivity contribution in [1.82, 2.24) is 4.98 Å². The molecule has 72 valence electrons. The normalized spacial score (nSPS) is 12.9. The van der Waals surface area contributed by atoms with Crippen molar-refractivity contribution in [2.24, 2.45) is 5.73 Å². The van der Waals surface area contributed by atoms with Gasteiger partial charge in [-0.3, -0.25) is 0 Å². The second kappa shape index (κ2) is 3.68. The van der Waals surface area contributed by atoms with Crippen molar-refractivity contribution in [2.75, 3.05) is 0 Å². The molecule has 3 N–H and O–H groups in total. The number of hydrogen-bond acceptors (Lipinski definition) is 1. The third-order valence-corrected chi connectivity index (χ3v) is 2.43. The van der Waals surface area contributed by atoms with Crippen LogP contribution in [0, 0.1) is 0 Å². The van der Waals surface area contributed by atoms with Crippen molar-refractivity contribution >= 4 is 10.9 Å². The van der Waals surface area contributed by atoms with E-state index in [1.54, 1.807) is 0 Å². The van der Waals surface area contributed by atoms with Gasteiger partial charge in [0, 0.05) is 17.8 Å². The first kappa shape index (κ1) is 9.03. The van der Waals surface area contributed by atoms with Crippen molar-refractivity contribution in [2.45, 2.75) is 12.5 Å². The maximum absolute atomic E-state index is 5.98. The van der Waals surface area contributed by atoms with Crippen molar-refractivity contribution in [3.63, 3.8) is 0 Å². The zero-order valence-corrected chi connectivity index (χ0v) is 8.03. The van der Waals surface area contributed by atoms with E-state index in [4.69, 9.17) is 5.73 Å². The minimum Gasteiger partial charge on any atom is -0.361 e. The Morgan fingerprint density at radius 1 is 1.43 bits per heavy atom. The molecule has 0 bridgehead atoms. The number of fused-ring (bicyclic) bond motifs is 1. The molecule has 2 aromatic rings. The van der Waals surface area contributed by atoms with E-state index < -0.39 is 0 Å². The van der Waals surface area contributed by atoms with E-state index in [2.05, 4.69) is 35.8 Å². The lowest BCUT2D eigenvalue weighted by Gasteiger charge is -2.08. The molecule has 1 heterocycles. The quantitative estimate of drug-likeness (QED) is 0.711. The number of benzene rings is 1. The summed E-state index contributed by atoms with van der Waals surface area (Å²) in [6, 6.07) is 8.37. The van der Waals surface area contributed by atoms with Crippen LogP contribution in [0.3, 0.4) is 0 Å². The fourth-order valence-electron chi connectivity index (χ4n) is 1.61. The summed E-state index contributed by atoms with van der Waals surface area (Å²) in [6.45, 7) is 3.69. The molecule has 2 rings (SSSR count). The van der Waals surface area contributed by atoms with Crippen molar-refractivity contribution in [3.05, 3.63) is 48.7 Å². The van der Waals surface area contributed by atoms with Crippen LogP contribution in [0.4, 0.5) is 0 Å². The van der Waals surface area contributed by atoms with Gasteiger partial charge < -0.3 is 10.7 Å². The van der Waals surface area contributed by atoms with Gasteiger partial charge in [0.2, 0.25) is 0 Å². The molecule has 0 fully saturated rings. The number of aromatic nitrogens is 1. The molecule has 14 heavy (non-hydrogen) atoms. The van der Waals surface area contributed by atoms with E-state index in [0.29, 0.717) is 0 Å². The van der Waals surface area contributed by atoms with Crippen LogP contribution < -0.4 is 5.73 Å². The number of nitrogens with two attached hydrogens (primary N) is 1. The lowest BCUT2D eigenvalue weighted by atomic mass is 10.0. The molecule has 0 radical (unpaired) electrons. The molecule has 2 nitrogen and oxygen atoms in total. The van der Waals surface area contributed by atoms with E-state index in [-0.39, 0.29) is 6.04 Å². The fraction of sp³-hybridized carbons (Fsp3) is 0.167. The molecule has 0 amide bonds. The standard InChI is InChI=1S/C12H14N2/c1-2-3-11(13)10-5-4-9-6-7-14-12(9)8-10/h2,4-8,11,14H,1,3,13H2/t11-/m1/s1. The number of nitrogens with one attached hydrogen (secondary N) is 1. The Labute approximate surface area is 83.4 Å². The minimum atomic E-state index is 0.0557. The minimum absolute atomic E-state index is 0.0557. The number of aromatic amines is 1. The van der Waals surface area contributed by atoms with Crippen LogP contribution in [0.1, 0.15) is 18.0 Å². The lowest BCUT2D eigenvalue weighted by Crippen LogP contribution is -2.08. The Kier molecular flexibility index (Phi) is 2.37. The summed E-state index contributed by atoms with van der Waals surface area (Å²) in [4.78, 5) is 3.18. The molecular formula is C12H14N2. The summed E-state index contributed by atoms with van der Waals surface area (Å²) < 4.78 is 0. The van der Waals surface area contributed by atoms with E-state index in [1.165, 1.54) is 5.39 Å². The molecule has 2 heteroatoms. The van der Waals surface area contributed by atoms with Crippen molar-refractivity contribution < 1.29 is 0 Å². The maximum Gasteiger partial charge on any atom is 0.0457 e. The third kappa shape index (κ3) is 1.56. The van der Waals surface area contributed by atoms with Gasteiger partial charge in [0.25, 0.3) is 0 Å². The van der Waals surface area contributed by atoms with Crippen LogP contribution in [-0.2, 0) is 0 Å². The van der Waals surface area contributed by atoms with Gasteiger partial charge in [-0.05, 0) is 29.5 Å². The Morgan fingerprint density at radius 2 is 2.29 bits per heavy atom. The average Bonchev–Trinajstić information content (AvgIpc) is 2.64. The molecular weight excluding hydrogens is 172 g/mol. The first-order chi connectivity index (χ1) is 6.81. The topological polar surface area (TPSA) is 41.8 Å².